The predicted octanol–water partition coefficient (Wildman–Crippen LogP) is 1.70. The first-order chi connectivity index (χ1) is 12.1. The van der Waals surface area contributed by atoms with Crippen molar-refractivity contribution in [1.82, 2.24) is 15.1 Å². The van der Waals surface area contributed by atoms with Crippen LogP contribution in [0.15, 0.2) is 21.0 Å². The second-order valence-corrected chi connectivity index (χ2v) is 7.71. The van der Waals surface area contributed by atoms with Gasteiger partial charge in [0.2, 0.25) is 16.2 Å². The molecule has 0 bridgehead atoms. The van der Waals surface area contributed by atoms with Gasteiger partial charge in [-0.25, -0.2) is 4.99 Å². The number of rotatable bonds is 4. The van der Waals surface area contributed by atoms with E-state index in [4.69, 9.17) is 0 Å². The zero-order chi connectivity index (χ0) is 17.8. The van der Waals surface area contributed by atoms with Crippen molar-refractivity contribution in [1.29, 1.82) is 0 Å². The molecule has 0 unspecified atom stereocenters. The summed E-state index contributed by atoms with van der Waals surface area (Å²) in [6.45, 7) is 7.99. The topological polar surface area (TPSA) is 86.1 Å². The SMILES string of the molecule is C/C=C1/SC(CN2CCN(c3nnc(NC(C)=O)s3)CC2)=N/C1=N/C. The number of aromatic nitrogens is 2. The number of nitrogens with zero attached hydrogens (tertiary/aromatic N) is 6. The second kappa shape index (κ2) is 8.07. The molecule has 1 fully saturated rings. The molecule has 0 atom stereocenters. The van der Waals surface area contributed by atoms with Gasteiger partial charge in [0.1, 0.15) is 0 Å². The number of nitrogens with one attached hydrogen (secondary N) is 1. The van der Waals surface area contributed by atoms with E-state index in [-0.39, 0.29) is 5.91 Å². The highest BCUT2D eigenvalue weighted by Crippen LogP contribution is 2.28. The molecule has 0 radical (unpaired) electrons. The first-order valence-electron chi connectivity index (χ1n) is 8.06. The highest BCUT2D eigenvalue weighted by atomic mass is 32.2. The van der Waals surface area contributed by atoms with Gasteiger partial charge in [-0.3, -0.25) is 14.7 Å². The van der Waals surface area contributed by atoms with Crippen molar-refractivity contribution in [2.45, 2.75) is 13.8 Å². The second-order valence-electron chi connectivity index (χ2n) is 5.64. The van der Waals surface area contributed by atoms with Gasteiger partial charge in [-0.1, -0.05) is 29.2 Å². The molecule has 1 N–H and O–H groups in total. The standard InChI is InChI=1S/C15H21N7OS2/c1-4-11-13(16-3)18-12(24-11)9-21-5-7-22(8-6-21)15-20-19-14(25-15)17-10(2)23/h4H,5-9H2,1-3H3,(H,17,19,23)/b11-4+,16-13+. The summed E-state index contributed by atoms with van der Waals surface area (Å²) >= 11 is 3.12. The van der Waals surface area contributed by atoms with E-state index >= 15 is 0 Å². The Bertz CT molecular complexity index is 732. The van der Waals surface area contributed by atoms with Gasteiger partial charge >= 0.3 is 0 Å². The van der Waals surface area contributed by atoms with Crippen molar-refractivity contribution in [2.75, 3.05) is 50.0 Å². The van der Waals surface area contributed by atoms with Crippen LogP contribution in [0.2, 0.25) is 0 Å². The van der Waals surface area contributed by atoms with Gasteiger partial charge in [0.05, 0.1) is 9.95 Å². The summed E-state index contributed by atoms with van der Waals surface area (Å²) in [6.07, 6.45) is 2.06. The number of aliphatic imine (C=N–C) groups is 2. The molecule has 1 saturated heterocycles. The number of carbonyl (C=O) groups is 1. The van der Waals surface area contributed by atoms with E-state index in [1.807, 2.05) is 6.92 Å². The van der Waals surface area contributed by atoms with Gasteiger partial charge in [0.25, 0.3) is 0 Å². The molecule has 2 aliphatic rings. The molecular weight excluding hydrogens is 358 g/mol. The first kappa shape index (κ1) is 18.0. The van der Waals surface area contributed by atoms with Crippen LogP contribution in [0, 0.1) is 0 Å². The van der Waals surface area contributed by atoms with Crippen molar-refractivity contribution < 1.29 is 4.79 Å². The van der Waals surface area contributed by atoms with Gasteiger partial charge in [0, 0.05) is 46.7 Å². The minimum absolute atomic E-state index is 0.127. The summed E-state index contributed by atoms with van der Waals surface area (Å²) in [6, 6.07) is 0. The molecular formula is C15H21N7OS2. The Hall–Kier alpha value is -1.78. The monoisotopic (exact) mass is 379 g/mol. The average Bonchev–Trinajstić information content (AvgIpc) is 3.21. The molecule has 0 aromatic carbocycles. The maximum Gasteiger partial charge on any atom is 0.223 e. The predicted molar refractivity (Wildman–Crippen MR) is 105 cm³/mol. The third kappa shape index (κ3) is 4.44. The van der Waals surface area contributed by atoms with Gasteiger partial charge in [0.15, 0.2) is 5.84 Å². The lowest BCUT2D eigenvalue weighted by Crippen LogP contribution is -2.47. The average molecular weight is 380 g/mol. The zero-order valence-corrected chi connectivity index (χ0v) is 16.2. The summed E-state index contributed by atoms with van der Waals surface area (Å²) in [5, 5.41) is 13.4. The fraction of sp³-hybridized carbons (Fsp3) is 0.533. The normalized spacial score (nSPS) is 21.9. The fourth-order valence-electron chi connectivity index (χ4n) is 2.62. The molecule has 3 rings (SSSR count). The lowest BCUT2D eigenvalue weighted by molar-refractivity contribution is -0.114. The molecule has 3 heterocycles. The number of piperazine rings is 1. The van der Waals surface area contributed by atoms with E-state index in [1.54, 1.807) is 18.8 Å². The largest absolute Gasteiger partial charge is 0.344 e. The lowest BCUT2D eigenvalue weighted by Gasteiger charge is -2.33. The van der Waals surface area contributed by atoms with Crippen LogP contribution in [-0.4, -0.2) is 71.7 Å². The molecule has 134 valence electrons. The van der Waals surface area contributed by atoms with Gasteiger partial charge in [-0.05, 0) is 6.92 Å². The Morgan fingerprint density at radius 2 is 2.08 bits per heavy atom. The molecule has 25 heavy (non-hydrogen) atoms. The Morgan fingerprint density at radius 3 is 2.68 bits per heavy atom. The maximum absolute atomic E-state index is 11.1. The number of thioether (sulfide) groups is 1. The minimum atomic E-state index is -0.127. The molecule has 1 aromatic rings. The van der Waals surface area contributed by atoms with Crippen LogP contribution in [-0.2, 0) is 4.79 Å². The number of anilines is 2. The molecule has 2 aliphatic heterocycles. The number of carbonyl (C=O) groups excluding carboxylic acids is 1. The summed E-state index contributed by atoms with van der Waals surface area (Å²) in [7, 11) is 1.78. The van der Waals surface area contributed by atoms with Crippen molar-refractivity contribution in [3.05, 3.63) is 11.0 Å². The van der Waals surface area contributed by atoms with Crippen molar-refractivity contribution in [3.63, 3.8) is 0 Å². The fourth-order valence-corrected chi connectivity index (χ4v) is 4.44. The maximum atomic E-state index is 11.1. The van der Waals surface area contributed by atoms with Crippen LogP contribution in [0.1, 0.15) is 13.8 Å². The molecule has 0 saturated carbocycles. The number of hydrogen-bond acceptors (Lipinski definition) is 8. The number of amides is 1. The van der Waals surface area contributed by atoms with Crippen molar-refractivity contribution in [2.24, 2.45) is 9.98 Å². The van der Waals surface area contributed by atoms with Gasteiger partial charge < -0.3 is 10.2 Å². The molecule has 10 heteroatoms. The Labute approximate surface area is 155 Å². The smallest absolute Gasteiger partial charge is 0.223 e. The van der Waals surface area contributed by atoms with E-state index in [0.717, 1.165) is 53.6 Å². The van der Waals surface area contributed by atoms with Crippen molar-refractivity contribution in [3.8, 4) is 0 Å². The van der Waals surface area contributed by atoms with E-state index in [1.165, 1.54) is 18.3 Å². The highest BCUT2D eigenvalue weighted by Gasteiger charge is 2.24. The third-order valence-electron chi connectivity index (χ3n) is 3.85. The Morgan fingerprint density at radius 1 is 1.32 bits per heavy atom. The number of amidine groups is 1. The van der Waals surface area contributed by atoms with Gasteiger partial charge in [-0.2, -0.15) is 0 Å². The third-order valence-corrected chi connectivity index (χ3v) is 5.85. The molecule has 1 amide bonds. The first-order valence-corrected chi connectivity index (χ1v) is 9.69. The summed E-state index contributed by atoms with van der Waals surface area (Å²) < 4.78 is 0. The summed E-state index contributed by atoms with van der Waals surface area (Å²) in [4.78, 5) is 25.6. The van der Waals surface area contributed by atoms with Crippen molar-refractivity contribution >= 4 is 50.1 Å². The van der Waals surface area contributed by atoms with E-state index in [2.05, 4.69) is 41.4 Å². The Balaban J connectivity index is 1.52. The van der Waals surface area contributed by atoms with Crippen LogP contribution in [0.3, 0.4) is 0 Å². The van der Waals surface area contributed by atoms with E-state index in [9.17, 15) is 4.79 Å². The zero-order valence-electron chi connectivity index (χ0n) is 14.5. The van der Waals surface area contributed by atoms with E-state index in [0.29, 0.717) is 5.13 Å². The van der Waals surface area contributed by atoms with Crippen LogP contribution in [0.4, 0.5) is 10.3 Å². The highest BCUT2D eigenvalue weighted by molar-refractivity contribution is 8.18. The van der Waals surface area contributed by atoms with Crippen LogP contribution in [0.5, 0.6) is 0 Å². The van der Waals surface area contributed by atoms with Crippen LogP contribution < -0.4 is 10.2 Å². The van der Waals surface area contributed by atoms with Gasteiger partial charge in [-0.15, -0.1) is 10.2 Å². The van der Waals surface area contributed by atoms with E-state index < -0.39 is 0 Å². The quantitative estimate of drug-likeness (QED) is 0.857. The molecule has 0 spiro atoms. The number of hydrogen-bond donors (Lipinski definition) is 1. The van der Waals surface area contributed by atoms with Crippen LogP contribution >= 0.6 is 23.1 Å². The minimum Gasteiger partial charge on any atom is -0.344 e. The number of allylic oxidation sites excluding steroid dienone is 1. The van der Waals surface area contributed by atoms with Crippen LogP contribution in [0.25, 0.3) is 0 Å². The summed E-state index contributed by atoms with van der Waals surface area (Å²) in [5.41, 5.74) is 0. The molecule has 0 aliphatic carbocycles. The molecule has 1 aromatic heterocycles. The molecule has 8 nitrogen and oxygen atoms in total. The Kier molecular flexibility index (Phi) is 5.82. The lowest BCUT2D eigenvalue weighted by atomic mass is 10.3. The summed E-state index contributed by atoms with van der Waals surface area (Å²) in [5.74, 6) is 0.707.